The van der Waals surface area contributed by atoms with Crippen LogP contribution in [-0.4, -0.2) is 37.2 Å². The van der Waals surface area contributed by atoms with Crippen molar-refractivity contribution in [2.75, 3.05) is 12.3 Å². The van der Waals surface area contributed by atoms with Crippen LogP contribution in [0.15, 0.2) is 16.8 Å². The van der Waals surface area contributed by atoms with Crippen LogP contribution in [0.1, 0.15) is 24.7 Å². The second-order valence-corrected chi connectivity index (χ2v) is 5.53. The van der Waals surface area contributed by atoms with Gasteiger partial charge in [-0.05, 0) is 13.8 Å². The lowest BCUT2D eigenvalue weighted by molar-refractivity contribution is 0.105. The Bertz CT molecular complexity index is 507. The zero-order valence-corrected chi connectivity index (χ0v) is 11.8. The molecule has 1 atom stereocenters. The predicted molar refractivity (Wildman–Crippen MR) is 74.7 cm³/mol. The summed E-state index contributed by atoms with van der Waals surface area (Å²) in [6.45, 7) is 4.25. The van der Waals surface area contributed by atoms with E-state index in [1.54, 1.807) is 13.1 Å². The number of aliphatic hydroxyl groups is 2. The van der Waals surface area contributed by atoms with Crippen LogP contribution in [-0.2, 0) is 6.54 Å². The van der Waals surface area contributed by atoms with Crippen molar-refractivity contribution in [3.63, 3.8) is 0 Å². The summed E-state index contributed by atoms with van der Waals surface area (Å²) in [7, 11) is 0. The SMILES string of the molecule is CC1=C(CCO)SC(O)N1Cc1cnc(C)nc1N. The average molecular weight is 282 g/mol. The van der Waals surface area contributed by atoms with Crippen molar-refractivity contribution in [1.29, 1.82) is 0 Å². The molecule has 0 radical (unpaired) electrons. The fourth-order valence-electron chi connectivity index (χ4n) is 1.96. The smallest absolute Gasteiger partial charge is 0.180 e. The molecular formula is C12H18N4O2S. The highest BCUT2D eigenvalue weighted by atomic mass is 32.2. The number of aryl methyl sites for hydroxylation is 1. The second-order valence-electron chi connectivity index (χ2n) is 4.38. The van der Waals surface area contributed by atoms with Gasteiger partial charge in [-0.2, -0.15) is 0 Å². The molecule has 1 aliphatic heterocycles. The van der Waals surface area contributed by atoms with Gasteiger partial charge in [0.05, 0.1) is 6.54 Å². The van der Waals surface area contributed by atoms with E-state index in [1.807, 2.05) is 11.8 Å². The van der Waals surface area contributed by atoms with E-state index in [1.165, 1.54) is 11.8 Å². The predicted octanol–water partition coefficient (Wildman–Crippen LogP) is 0.806. The number of allylic oxidation sites excluding steroid dienone is 1. The molecular weight excluding hydrogens is 264 g/mol. The molecule has 0 aromatic carbocycles. The average Bonchev–Trinajstić information content (AvgIpc) is 2.60. The van der Waals surface area contributed by atoms with Crippen molar-refractivity contribution < 1.29 is 10.2 Å². The summed E-state index contributed by atoms with van der Waals surface area (Å²) in [4.78, 5) is 11.1. The quantitative estimate of drug-likeness (QED) is 0.752. The molecule has 0 saturated heterocycles. The fraction of sp³-hybridized carbons (Fsp3) is 0.500. The van der Waals surface area contributed by atoms with Crippen LogP contribution >= 0.6 is 11.8 Å². The molecule has 1 aliphatic rings. The molecule has 0 amide bonds. The normalized spacial score (nSPS) is 19.4. The number of nitrogens with zero attached hydrogens (tertiary/aromatic N) is 3. The van der Waals surface area contributed by atoms with Gasteiger partial charge >= 0.3 is 0 Å². The maximum Gasteiger partial charge on any atom is 0.180 e. The zero-order valence-electron chi connectivity index (χ0n) is 11.0. The Morgan fingerprint density at radius 3 is 2.84 bits per heavy atom. The third-order valence-electron chi connectivity index (χ3n) is 3.05. The van der Waals surface area contributed by atoms with Crippen molar-refractivity contribution in [3.05, 3.63) is 28.2 Å². The molecule has 1 aromatic rings. The number of nitrogen functional groups attached to an aromatic ring is 1. The van der Waals surface area contributed by atoms with Gasteiger partial charge in [-0.3, -0.25) is 0 Å². The minimum atomic E-state index is -0.651. The summed E-state index contributed by atoms with van der Waals surface area (Å²) >= 11 is 1.35. The van der Waals surface area contributed by atoms with E-state index >= 15 is 0 Å². The molecule has 1 aromatic heterocycles. The first-order valence-corrected chi connectivity index (χ1v) is 6.91. The molecule has 0 aliphatic carbocycles. The third-order valence-corrected chi connectivity index (χ3v) is 4.30. The summed E-state index contributed by atoms with van der Waals surface area (Å²) in [5.41, 5.74) is 6.96. The number of nitrogens with two attached hydrogens (primary N) is 1. The monoisotopic (exact) mass is 282 g/mol. The lowest BCUT2D eigenvalue weighted by atomic mass is 10.2. The van der Waals surface area contributed by atoms with Gasteiger partial charge < -0.3 is 20.8 Å². The van der Waals surface area contributed by atoms with Crippen molar-refractivity contribution in [1.82, 2.24) is 14.9 Å². The van der Waals surface area contributed by atoms with Gasteiger partial charge in [-0.1, -0.05) is 11.8 Å². The van der Waals surface area contributed by atoms with Crippen LogP contribution in [0.5, 0.6) is 0 Å². The van der Waals surface area contributed by atoms with E-state index in [2.05, 4.69) is 9.97 Å². The number of thioether (sulfide) groups is 1. The van der Waals surface area contributed by atoms with Crippen molar-refractivity contribution in [3.8, 4) is 0 Å². The number of anilines is 1. The number of aromatic nitrogens is 2. The first-order valence-electron chi connectivity index (χ1n) is 6.03. The first-order chi connectivity index (χ1) is 9.02. The minimum Gasteiger partial charge on any atom is -0.396 e. The molecule has 0 saturated carbocycles. The number of hydrogen-bond acceptors (Lipinski definition) is 7. The molecule has 0 spiro atoms. The van der Waals surface area contributed by atoms with Crippen LogP contribution in [0.25, 0.3) is 0 Å². The molecule has 0 bridgehead atoms. The highest BCUT2D eigenvalue weighted by Crippen LogP contribution is 2.39. The summed E-state index contributed by atoms with van der Waals surface area (Å²) in [6.07, 6.45) is 2.25. The zero-order chi connectivity index (χ0) is 14.0. The summed E-state index contributed by atoms with van der Waals surface area (Å²) in [6, 6.07) is 0. The first kappa shape index (κ1) is 14.1. The molecule has 2 heterocycles. The van der Waals surface area contributed by atoms with Gasteiger partial charge in [0.1, 0.15) is 11.6 Å². The van der Waals surface area contributed by atoms with E-state index in [0.29, 0.717) is 24.6 Å². The Hall–Kier alpha value is -1.31. The van der Waals surface area contributed by atoms with Gasteiger partial charge in [-0.25, -0.2) is 9.97 Å². The lowest BCUT2D eigenvalue weighted by Gasteiger charge is -2.24. The number of rotatable bonds is 4. The topological polar surface area (TPSA) is 95.5 Å². The Labute approximate surface area is 116 Å². The van der Waals surface area contributed by atoms with Gasteiger partial charge in [0.25, 0.3) is 0 Å². The van der Waals surface area contributed by atoms with Crippen molar-refractivity contribution in [2.24, 2.45) is 0 Å². The molecule has 6 nitrogen and oxygen atoms in total. The molecule has 19 heavy (non-hydrogen) atoms. The Balaban J connectivity index is 2.18. The highest BCUT2D eigenvalue weighted by Gasteiger charge is 2.28. The molecule has 104 valence electrons. The van der Waals surface area contributed by atoms with E-state index in [-0.39, 0.29) is 6.61 Å². The van der Waals surface area contributed by atoms with Crippen LogP contribution < -0.4 is 5.73 Å². The Morgan fingerprint density at radius 1 is 1.47 bits per heavy atom. The molecule has 0 fully saturated rings. The van der Waals surface area contributed by atoms with Gasteiger partial charge in [0, 0.05) is 35.4 Å². The standard InChI is InChI=1S/C12H18N4O2S/c1-7-10(3-4-17)19-12(18)16(7)6-9-5-14-8(2)15-11(9)13/h5,12,17-18H,3-4,6H2,1-2H3,(H2,13,14,15). The van der Waals surface area contributed by atoms with Crippen LogP contribution in [0.3, 0.4) is 0 Å². The van der Waals surface area contributed by atoms with Crippen molar-refractivity contribution in [2.45, 2.75) is 32.4 Å². The highest BCUT2D eigenvalue weighted by molar-refractivity contribution is 8.03. The van der Waals surface area contributed by atoms with Gasteiger partial charge in [0.15, 0.2) is 5.56 Å². The Morgan fingerprint density at radius 2 is 2.21 bits per heavy atom. The lowest BCUT2D eigenvalue weighted by Crippen LogP contribution is -2.27. The van der Waals surface area contributed by atoms with E-state index in [9.17, 15) is 5.11 Å². The van der Waals surface area contributed by atoms with E-state index in [0.717, 1.165) is 16.2 Å². The van der Waals surface area contributed by atoms with Crippen molar-refractivity contribution >= 4 is 17.6 Å². The Kier molecular flexibility index (Phi) is 4.28. The fourth-order valence-corrected chi connectivity index (χ4v) is 3.07. The van der Waals surface area contributed by atoms with Gasteiger partial charge in [0.2, 0.25) is 0 Å². The molecule has 7 heteroatoms. The van der Waals surface area contributed by atoms with Crippen LogP contribution in [0.2, 0.25) is 0 Å². The molecule has 1 unspecified atom stereocenters. The minimum absolute atomic E-state index is 0.0794. The molecule has 4 N–H and O–H groups in total. The van der Waals surface area contributed by atoms with E-state index < -0.39 is 5.56 Å². The largest absolute Gasteiger partial charge is 0.396 e. The second kappa shape index (κ2) is 5.77. The number of aliphatic hydroxyl groups excluding tert-OH is 2. The summed E-state index contributed by atoms with van der Waals surface area (Å²) in [5, 5.41) is 19.0. The summed E-state index contributed by atoms with van der Waals surface area (Å²) in [5.74, 6) is 1.07. The molecule has 2 rings (SSSR count). The van der Waals surface area contributed by atoms with E-state index in [4.69, 9.17) is 10.8 Å². The summed E-state index contributed by atoms with van der Waals surface area (Å²) < 4.78 is 0. The third kappa shape index (κ3) is 2.99. The number of hydrogen-bond donors (Lipinski definition) is 3. The van der Waals surface area contributed by atoms with Crippen LogP contribution in [0.4, 0.5) is 5.82 Å². The maximum atomic E-state index is 10.0. The van der Waals surface area contributed by atoms with Gasteiger partial charge in [-0.15, -0.1) is 0 Å². The maximum absolute atomic E-state index is 10.0. The van der Waals surface area contributed by atoms with Crippen LogP contribution in [0, 0.1) is 6.92 Å².